The van der Waals surface area contributed by atoms with Crippen molar-refractivity contribution in [3.63, 3.8) is 0 Å². The van der Waals surface area contributed by atoms with Gasteiger partial charge in [-0.15, -0.1) is 0 Å². The van der Waals surface area contributed by atoms with Gasteiger partial charge in [0.25, 0.3) is 0 Å². The minimum absolute atomic E-state index is 0.601. The van der Waals surface area contributed by atoms with E-state index in [4.69, 9.17) is 15.0 Å². The monoisotopic (exact) mass is 839 g/mol. The number of nitriles is 1. The number of hydrogen-bond acceptors (Lipinski definition) is 5. The van der Waals surface area contributed by atoms with Gasteiger partial charge < -0.3 is 0 Å². The second kappa shape index (κ2) is 16.2. The second-order valence-corrected chi connectivity index (χ2v) is 16.5. The summed E-state index contributed by atoms with van der Waals surface area (Å²) < 4.78 is 0. The van der Waals surface area contributed by atoms with Crippen LogP contribution in [0.3, 0.4) is 0 Å². The molecule has 0 spiro atoms. The van der Waals surface area contributed by atoms with E-state index in [-0.39, 0.29) is 0 Å². The molecule has 0 unspecified atom stereocenters. The first kappa shape index (κ1) is 38.6. The lowest BCUT2D eigenvalue weighted by molar-refractivity contribution is 1.07. The Bertz CT molecular complexity index is 3500. The fraction of sp³-hybridized carbons (Fsp3) is 0. The van der Waals surface area contributed by atoms with Crippen LogP contribution in [0.5, 0.6) is 0 Å². The summed E-state index contributed by atoms with van der Waals surface area (Å²) in [4.78, 5) is 19.7. The topological polar surface area (TPSA) is 75.3 Å². The molecule has 1 aliphatic carbocycles. The summed E-state index contributed by atoms with van der Waals surface area (Å²) >= 11 is 0. The molecule has 1 aliphatic rings. The average molecular weight is 840 g/mol. The maximum absolute atomic E-state index is 9.53. The molecule has 0 radical (unpaired) electrons. The third-order valence-corrected chi connectivity index (χ3v) is 12.7. The lowest BCUT2D eigenvalue weighted by atomic mass is 9.88. The van der Waals surface area contributed by atoms with Gasteiger partial charge in [-0.3, -0.25) is 4.98 Å². The Balaban J connectivity index is 0.892. The molecule has 0 atom stereocenters. The van der Waals surface area contributed by atoms with Gasteiger partial charge >= 0.3 is 0 Å². The van der Waals surface area contributed by atoms with Crippen LogP contribution in [0.1, 0.15) is 5.56 Å². The van der Waals surface area contributed by atoms with Gasteiger partial charge in [0.1, 0.15) is 0 Å². The van der Waals surface area contributed by atoms with Crippen LogP contribution in [-0.4, -0.2) is 19.9 Å². The number of hydrogen-bond donors (Lipinski definition) is 0. The van der Waals surface area contributed by atoms with E-state index in [2.05, 4.69) is 193 Å². The molecule has 0 fully saturated rings. The summed E-state index contributed by atoms with van der Waals surface area (Å²) in [7, 11) is 0. The molecular weight excluding hydrogens is 803 g/mol. The van der Waals surface area contributed by atoms with Gasteiger partial charge in [0.05, 0.1) is 17.3 Å². The van der Waals surface area contributed by atoms with Crippen LogP contribution in [0.2, 0.25) is 0 Å². The van der Waals surface area contributed by atoms with Crippen molar-refractivity contribution in [3.8, 4) is 118 Å². The van der Waals surface area contributed by atoms with E-state index in [1.165, 1.54) is 38.6 Å². The molecule has 66 heavy (non-hydrogen) atoms. The zero-order valence-corrected chi connectivity index (χ0v) is 35.6. The van der Waals surface area contributed by atoms with Crippen LogP contribution < -0.4 is 0 Å². The van der Waals surface area contributed by atoms with Crippen LogP contribution in [0.25, 0.3) is 123 Å². The van der Waals surface area contributed by atoms with E-state index >= 15 is 0 Å². The highest BCUT2D eigenvalue weighted by molar-refractivity contribution is 6.22. The summed E-state index contributed by atoms with van der Waals surface area (Å²) in [6.45, 7) is 0. The lowest BCUT2D eigenvalue weighted by Crippen LogP contribution is -2.00. The number of benzene rings is 9. The average Bonchev–Trinajstić information content (AvgIpc) is 3.73. The zero-order valence-electron chi connectivity index (χ0n) is 35.6. The summed E-state index contributed by atoms with van der Waals surface area (Å²) in [5.41, 5.74) is 19.4. The van der Waals surface area contributed by atoms with Crippen LogP contribution in [0.4, 0.5) is 0 Å². The fourth-order valence-electron chi connectivity index (χ4n) is 9.29. The maximum Gasteiger partial charge on any atom is 0.164 e. The van der Waals surface area contributed by atoms with Crippen LogP contribution >= 0.6 is 0 Å². The first-order chi connectivity index (χ1) is 32.6. The van der Waals surface area contributed by atoms with Crippen molar-refractivity contribution in [2.75, 3.05) is 0 Å². The van der Waals surface area contributed by atoms with Gasteiger partial charge in [0, 0.05) is 28.5 Å². The Morgan fingerprint density at radius 1 is 0.273 bits per heavy atom. The quantitative estimate of drug-likeness (QED) is 0.152. The molecule has 11 aromatic rings. The first-order valence-corrected chi connectivity index (χ1v) is 22.0. The third-order valence-electron chi connectivity index (χ3n) is 12.7. The molecular formula is C61H37N5. The number of rotatable bonds is 8. The summed E-state index contributed by atoms with van der Waals surface area (Å²) in [6, 6.07) is 78.2. The molecule has 12 rings (SSSR count). The molecule has 0 bridgehead atoms. The smallest absolute Gasteiger partial charge is 0.164 e. The van der Waals surface area contributed by atoms with Crippen LogP contribution in [0.15, 0.2) is 225 Å². The van der Waals surface area contributed by atoms with Crippen molar-refractivity contribution in [2.45, 2.75) is 0 Å². The lowest BCUT2D eigenvalue weighted by Gasteiger charge is -2.15. The second-order valence-electron chi connectivity index (χ2n) is 16.5. The Hall–Kier alpha value is -9.11. The van der Waals surface area contributed by atoms with E-state index in [9.17, 15) is 5.26 Å². The molecule has 2 heterocycles. The van der Waals surface area contributed by atoms with Crippen molar-refractivity contribution < 1.29 is 0 Å². The van der Waals surface area contributed by atoms with E-state index in [1.54, 1.807) is 0 Å². The fourth-order valence-corrected chi connectivity index (χ4v) is 9.29. The van der Waals surface area contributed by atoms with Gasteiger partial charge in [-0.1, -0.05) is 194 Å². The standard InChI is InChI=1S/C61H37N5/c62-38-39-13-15-44(16-14-39)50-33-35-54-52-10-4-5-11-53(52)55-36-34-51(57(50)58(54)55)45-23-17-42(18-24-45)43-21-29-48(30-22-43)60-64-59(47-27-19-41(20-28-47)40-8-2-1-3-9-40)65-61(66-60)49-31-25-46(26-32-49)56-12-6-7-37-63-56/h1-37H. The molecule has 0 saturated heterocycles. The molecule has 9 aromatic carbocycles. The number of nitrogens with zero attached hydrogens (tertiary/aromatic N) is 5. The largest absolute Gasteiger partial charge is 0.256 e. The molecule has 0 amide bonds. The Morgan fingerprint density at radius 2 is 0.636 bits per heavy atom. The molecule has 0 aliphatic heterocycles. The summed E-state index contributed by atoms with van der Waals surface area (Å²) in [6.07, 6.45) is 1.81. The van der Waals surface area contributed by atoms with Gasteiger partial charge in [-0.2, -0.15) is 5.26 Å². The third kappa shape index (κ3) is 6.91. The highest BCUT2D eigenvalue weighted by Crippen LogP contribution is 2.52. The number of fused-ring (bicyclic) bond motifs is 3. The van der Waals surface area contributed by atoms with Crippen molar-refractivity contribution in [1.29, 1.82) is 5.26 Å². The van der Waals surface area contributed by atoms with Crippen LogP contribution in [-0.2, 0) is 0 Å². The highest BCUT2D eigenvalue weighted by atomic mass is 15.0. The predicted molar refractivity (Wildman–Crippen MR) is 268 cm³/mol. The van der Waals surface area contributed by atoms with Gasteiger partial charge in [0.2, 0.25) is 0 Å². The van der Waals surface area contributed by atoms with Gasteiger partial charge in [-0.05, 0) is 102 Å². The number of pyridine rings is 1. The number of aromatic nitrogens is 4. The van der Waals surface area contributed by atoms with E-state index in [1.807, 2.05) is 42.6 Å². The maximum atomic E-state index is 9.53. The van der Waals surface area contributed by atoms with Crippen molar-refractivity contribution >= 4 is 10.8 Å². The summed E-state index contributed by atoms with van der Waals surface area (Å²) in [5.74, 6) is 1.81. The molecule has 5 heteroatoms. The molecule has 306 valence electrons. The molecule has 2 aromatic heterocycles. The summed E-state index contributed by atoms with van der Waals surface area (Å²) in [5, 5.41) is 12.0. The van der Waals surface area contributed by atoms with E-state index in [0.717, 1.165) is 66.9 Å². The zero-order chi connectivity index (χ0) is 44.0. The van der Waals surface area contributed by atoms with E-state index in [0.29, 0.717) is 23.0 Å². The molecule has 5 nitrogen and oxygen atoms in total. The Kier molecular flexibility index (Phi) is 9.48. The minimum atomic E-state index is 0.601. The first-order valence-electron chi connectivity index (χ1n) is 22.0. The van der Waals surface area contributed by atoms with Crippen molar-refractivity contribution in [2.24, 2.45) is 0 Å². The molecule has 0 N–H and O–H groups in total. The highest BCUT2D eigenvalue weighted by Gasteiger charge is 2.25. The van der Waals surface area contributed by atoms with Crippen LogP contribution in [0, 0.1) is 11.3 Å². The minimum Gasteiger partial charge on any atom is -0.256 e. The van der Waals surface area contributed by atoms with E-state index < -0.39 is 0 Å². The SMILES string of the molecule is N#Cc1ccc(-c2ccc3c4c(ccc(-c5ccc(-c6ccc(-c7nc(-c8ccc(-c9ccccc9)cc8)nc(-c8ccc(-c9ccccn9)cc8)n7)cc6)cc5)c24)-c2ccccc2-3)cc1. The Morgan fingerprint density at radius 3 is 1.09 bits per heavy atom. The molecule has 0 saturated carbocycles. The normalized spacial score (nSPS) is 11.3. The van der Waals surface area contributed by atoms with Gasteiger partial charge in [0.15, 0.2) is 17.5 Å². The Labute approximate surface area is 382 Å². The van der Waals surface area contributed by atoms with Crippen molar-refractivity contribution in [3.05, 3.63) is 230 Å². The van der Waals surface area contributed by atoms with Crippen molar-refractivity contribution in [1.82, 2.24) is 19.9 Å². The predicted octanol–water partition coefficient (Wildman–Crippen LogP) is 15.3. The van der Waals surface area contributed by atoms with Gasteiger partial charge in [-0.25, -0.2) is 15.0 Å².